The Labute approximate surface area is 85.5 Å². The molecule has 0 atom stereocenters. The number of hydrogen-bond donors (Lipinski definition) is 1. The van der Waals surface area contributed by atoms with Crippen molar-refractivity contribution in [1.29, 1.82) is 0 Å². The number of hydrogen-bond acceptors (Lipinski definition) is 3. The normalized spacial score (nSPS) is 10.7. The fourth-order valence-corrected chi connectivity index (χ4v) is 1.33. The summed E-state index contributed by atoms with van der Waals surface area (Å²) in [7, 11) is 0. The van der Waals surface area contributed by atoms with Gasteiger partial charge < -0.3 is 5.73 Å². The monoisotopic (exact) mass is 196 g/mol. The van der Waals surface area contributed by atoms with Crippen LogP contribution in [0.25, 0.3) is 0 Å². The summed E-state index contributed by atoms with van der Waals surface area (Å²) in [6, 6.07) is 0. The van der Waals surface area contributed by atoms with Crippen molar-refractivity contribution in [1.82, 2.24) is 15.0 Å². The maximum Gasteiger partial charge on any atom is 0.0827 e. The Bertz CT molecular complexity index is 244. The molecule has 0 saturated heterocycles. The number of nitrogens with zero attached hydrogens (tertiary/aromatic N) is 3. The quantitative estimate of drug-likeness (QED) is 0.670. The molecule has 0 saturated carbocycles. The SMILES string of the molecule is CCCCn1cc(CCCCN)nn1. The summed E-state index contributed by atoms with van der Waals surface area (Å²) in [5.41, 5.74) is 6.51. The van der Waals surface area contributed by atoms with E-state index in [1.165, 1.54) is 12.8 Å². The molecular formula is C10H20N4. The van der Waals surface area contributed by atoms with Gasteiger partial charge in [-0.3, -0.25) is 4.68 Å². The number of unbranched alkanes of at least 4 members (excludes halogenated alkanes) is 2. The molecule has 0 aliphatic heterocycles. The molecule has 4 heteroatoms. The molecule has 0 aromatic carbocycles. The van der Waals surface area contributed by atoms with E-state index in [1.807, 2.05) is 10.9 Å². The Kier molecular flexibility index (Phi) is 5.22. The number of rotatable bonds is 7. The van der Waals surface area contributed by atoms with Crippen molar-refractivity contribution in [3.8, 4) is 0 Å². The van der Waals surface area contributed by atoms with E-state index in [0.29, 0.717) is 0 Å². The highest BCUT2D eigenvalue weighted by atomic mass is 15.4. The van der Waals surface area contributed by atoms with Crippen molar-refractivity contribution in [3.63, 3.8) is 0 Å². The molecule has 0 unspecified atom stereocenters. The van der Waals surface area contributed by atoms with Crippen LogP contribution < -0.4 is 5.73 Å². The molecule has 1 aromatic heterocycles. The smallest absolute Gasteiger partial charge is 0.0827 e. The second kappa shape index (κ2) is 6.54. The number of aryl methyl sites for hydroxylation is 2. The molecule has 80 valence electrons. The molecule has 1 heterocycles. The minimum Gasteiger partial charge on any atom is -0.330 e. The van der Waals surface area contributed by atoms with Gasteiger partial charge in [0.25, 0.3) is 0 Å². The first-order valence-corrected chi connectivity index (χ1v) is 5.46. The van der Waals surface area contributed by atoms with Gasteiger partial charge in [0.1, 0.15) is 0 Å². The van der Waals surface area contributed by atoms with Gasteiger partial charge >= 0.3 is 0 Å². The third kappa shape index (κ3) is 3.87. The highest BCUT2D eigenvalue weighted by Gasteiger charge is 1.99. The van der Waals surface area contributed by atoms with E-state index in [9.17, 15) is 0 Å². The van der Waals surface area contributed by atoms with E-state index in [4.69, 9.17) is 5.73 Å². The van der Waals surface area contributed by atoms with Crippen molar-refractivity contribution in [2.24, 2.45) is 5.73 Å². The molecule has 0 amide bonds. The topological polar surface area (TPSA) is 56.7 Å². The van der Waals surface area contributed by atoms with E-state index in [2.05, 4.69) is 17.2 Å². The Morgan fingerprint density at radius 2 is 2.21 bits per heavy atom. The number of nitrogens with two attached hydrogens (primary N) is 1. The van der Waals surface area contributed by atoms with Gasteiger partial charge in [-0.05, 0) is 32.2 Å². The Morgan fingerprint density at radius 3 is 2.93 bits per heavy atom. The number of aromatic nitrogens is 3. The van der Waals surface area contributed by atoms with Gasteiger partial charge in [0.2, 0.25) is 0 Å². The van der Waals surface area contributed by atoms with Crippen LogP contribution in [0.4, 0.5) is 0 Å². The minimum atomic E-state index is 0.768. The van der Waals surface area contributed by atoms with Gasteiger partial charge in [0.15, 0.2) is 0 Å². The second-order valence-electron chi connectivity index (χ2n) is 3.57. The average Bonchev–Trinajstić information content (AvgIpc) is 2.63. The fourth-order valence-electron chi connectivity index (χ4n) is 1.33. The molecule has 0 spiro atoms. The first-order valence-electron chi connectivity index (χ1n) is 5.46. The lowest BCUT2D eigenvalue weighted by Gasteiger charge is -1.96. The summed E-state index contributed by atoms with van der Waals surface area (Å²) in [5.74, 6) is 0. The van der Waals surface area contributed by atoms with Crippen molar-refractivity contribution >= 4 is 0 Å². The van der Waals surface area contributed by atoms with Gasteiger partial charge in [-0.15, -0.1) is 5.10 Å². The van der Waals surface area contributed by atoms with Crippen LogP contribution in [0.1, 0.15) is 38.3 Å². The second-order valence-corrected chi connectivity index (χ2v) is 3.57. The predicted octanol–water partition coefficient (Wildman–Crippen LogP) is 1.36. The summed E-state index contributed by atoms with van der Waals surface area (Å²) in [6.07, 6.45) is 7.61. The largest absolute Gasteiger partial charge is 0.330 e. The van der Waals surface area contributed by atoms with Crippen molar-refractivity contribution in [2.45, 2.75) is 45.6 Å². The molecular weight excluding hydrogens is 176 g/mol. The lowest BCUT2D eigenvalue weighted by atomic mass is 10.2. The summed E-state index contributed by atoms with van der Waals surface area (Å²) in [4.78, 5) is 0. The maximum atomic E-state index is 5.42. The molecule has 2 N–H and O–H groups in total. The minimum absolute atomic E-state index is 0.768. The standard InChI is InChI=1S/C10H20N4/c1-2-3-8-14-9-10(12-13-14)6-4-5-7-11/h9H,2-8,11H2,1H3. The fraction of sp³-hybridized carbons (Fsp3) is 0.800. The average molecular weight is 196 g/mol. The van der Waals surface area contributed by atoms with Gasteiger partial charge in [0.05, 0.1) is 5.69 Å². The summed E-state index contributed by atoms with van der Waals surface area (Å²) in [6.45, 7) is 3.93. The van der Waals surface area contributed by atoms with Crippen molar-refractivity contribution in [3.05, 3.63) is 11.9 Å². The molecule has 0 bridgehead atoms. The molecule has 4 nitrogen and oxygen atoms in total. The van der Waals surface area contributed by atoms with Crippen LogP contribution in [-0.2, 0) is 13.0 Å². The lowest BCUT2D eigenvalue weighted by Crippen LogP contribution is -1.99. The van der Waals surface area contributed by atoms with Crippen LogP contribution >= 0.6 is 0 Å². The molecule has 0 fully saturated rings. The van der Waals surface area contributed by atoms with Gasteiger partial charge in [-0.25, -0.2) is 0 Å². The third-order valence-electron chi connectivity index (χ3n) is 2.21. The Hall–Kier alpha value is -0.900. The molecule has 1 aromatic rings. The highest BCUT2D eigenvalue weighted by Crippen LogP contribution is 2.01. The Morgan fingerprint density at radius 1 is 1.36 bits per heavy atom. The summed E-state index contributed by atoms with van der Waals surface area (Å²) >= 11 is 0. The zero-order chi connectivity index (χ0) is 10.2. The third-order valence-corrected chi connectivity index (χ3v) is 2.21. The van der Waals surface area contributed by atoms with E-state index in [1.54, 1.807) is 0 Å². The van der Waals surface area contributed by atoms with Crippen LogP contribution in [0.15, 0.2) is 6.20 Å². The van der Waals surface area contributed by atoms with Crippen LogP contribution in [0.2, 0.25) is 0 Å². The van der Waals surface area contributed by atoms with E-state index in [-0.39, 0.29) is 0 Å². The molecule has 0 radical (unpaired) electrons. The van der Waals surface area contributed by atoms with E-state index in [0.717, 1.165) is 38.0 Å². The zero-order valence-electron chi connectivity index (χ0n) is 8.95. The zero-order valence-corrected chi connectivity index (χ0v) is 8.95. The first kappa shape index (κ1) is 11.2. The summed E-state index contributed by atoms with van der Waals surface area (Å²) < 4.78 is 1.93. The van der Waals surface area contributed by atoms with Gasteiger partial charge in [0, 0.05) is 12.7 Å². The molecule has 1 rings (SSSR count). The van der Waals surface area contributed by atoms with Crippen LogP contribution in [0.3, 0.4) is 0 Å². The molecule has 0 aliphatic carbocycles. The van der Waals surface area contributed by atoms with Crippen molar-refractivity contribution < 1.29 is 0 Å². The van der Waals surface area contributed by atoms with Crippen LogP contribution in [0.5, 0.6) is 0 Å². The molecule has 14 heavy (non-hydrogen) atoms. The first-order chi connectivity index (χ1) is 6.86. The van der Waals surface area contributed by atoms with Crippen molar-refractivity contribution in [2.75, 3.05) is 6.54 Å². The van der Waals surface area contributed by atoms with Gasteiger partial charge in [-0.1, -0.05) is 18.6 Å². The predicted molar refractivity (Wildman–Crippen MR) is 56.9 cm³/mol. The van der Waals surface area contributed by atoms with Crippen LogP contribution in [-0.4, -0.2) is 21.5 Å². The highest BCUT2D eigenvalue weighted by molar-refractivity contribution is 4.92. The van der Waals surface area contributed by atoms with E-state index < -0.39 is 0 Å². The summed E-state index contributed by atoms with van der Waals surface area (Å²) in [5, 5.41) is 8.18. The van der Waals surface area contributed by atoms with Crippen LogP contribution in [0, 0.1) is 0 Å². The Balaban J connectivity index is 2.27. The van der Waals surface area contributed by atoms with Gasteiger partial charge in [-0.2, -0.15) is 0 Å². The lowest BCUT2D eigenvalue weighted by molar-refractivity contribution is 0.553. The molecule has 0 aliphatic rings. The maximum absolute atomic E-state index is 5.42. The van der Waals surface area contributed by atoms with E-state index >= 15 is 0 Å².